The molecule has 12 rings (SSSR count). The van der Waals surface area contributed by atoms with Crippen LogP contribution in [0.4, 0.5) is 0 Å². The molecule has 260 valence electrons. The summed E-state index contributed by atoms with van der Waals surface area (Å²) in [4.78, 5) is 11.0. The standard InChI is InChI=1S/C52H31N3S/c1-2-12-32(13-3-1)33-22-24-35(25-23-33)49-42-19-8-10-20-45(42)53-52(54-49)55-50-39-17-7-4-14-34(39)26-28-41(50)44-30-36-15-5-6-16-38(36)48(51(44)55)37-27-29-47-43(31-37)40-18-9-11-21-46(40)56-47/h1-31H. The van der Waals surface area contributed by atoms with Crippen LogP contribution in [-0.4, -0.2) is 14.5 Å². The fraction of sp³-hybridized carbons (Fsp3) is 0. The maximum absolute atomic E-state index is 5.57. The molecule has 12 aromatic rings. The van der Waals surface area contributed by atoms with E-state index in [4.69, 9.17) is 9.97 Å². The lowest BCUT2D eigenvalue weighted by atomic mass is 9.94. The van der Waals surface area contributed by atoms with Crippen molar-refractivity contribution < 1.29 is 0 Å². The first-order chi connectivity index (χ1) is 27.8. The monoisotopic (exact) mass is 729 g/mol. The van der Waals surface area contributed by atoms with E-state index in [0.29, 0.717) is 5.95 Å². The summed E-state index contributed by atoms with van der Waals surface area (Å²) in [5.41, 5.74) is 9.81. The van der Waals surface area contributed by atoms with Crippen molar-refractivity contribution in [2.75, 3.05) is 0 Å². The first-order valence-corrected chi connectivity index (χ1v) is 19.8. The molecule has 0 bridgehead atoms. The summed E-state index contributed by atoms with van der Waals surface area (Å²) in [7, 11) is 0. The van der Waals surface area contributed by atoms with Crippen LogP contribution in [-0.2, 0) is 0 Å². The van der Waals surface area contributed by atoms with Crippen LogP contribution in [0.25, 0.3) is 114 Å². The minimum atomic E-state index is 0.654. The Balaban J connectivity index is 1.22. The molecule has 0 unspecified atom stereocenters. The normalized spacial score (nSPS) is 11.9. The SMILES string of the molecule is c1ccc(-c2ccc(-c3nc(-n4c5c(-c6ccc7sc8ccccc8c7c6)c6ccccc6cc5c5ccc6ccccc6c54)nc4ccccc34)cc2)cc1. The fourth-order valence-corrected chi connectivity index (χ4v) is 9.90. The van der Waals surface area contributed by atoms with Gasteiger partial charge in [-0.2, -0.15) is 0 Å². The van der Waals surface area contributed by atoms with Gasteiger partial charge in [0.25, 0.3) is 0 Å². The predicted octanol–water partition coefficient (Wildman–Crippen LogP) is 14.4. The minimum absolute atomic E-state index is 0.654. The zero-order valence-corrected chi connectivity index (χ0v) is 31.0. The van der Waals surface area contributed by atoms with Gasteiger partial charge in [0, 0.05) is 52.8 Å². The number of aromatic nitrogens is 3. The lowest BCUT2D eigenvalue weighted by Crippen LogP contribution is -2.04. The van der Waals surface area contributed by atoms with Crippen LogP contribution in [0.15, 0.2) is 188 Å². The van der Waals surface area contributed by atoms with Crippen molar-refractivity contribution in [1.29, 1.82) is 0 Å². The second kappa shape index (κ2) is 12.2. The number of thiophene rings is 1. The van der Waals surface area contributed by atoms with E-state index < -0.39 is 0 Å². The highest BCUT2D eigenvalue weighted by Crippen LogP contribution is 2.46. The van der Waals surface area contributed by atoms with Gasteiger partial charge in [0.1, 0.15) is 0 Å². The van der Waals surface area contributed by atoms with E-state index in [1.54, 1.807) is 0 Å². The molecule has 0 saturated heterocycles. The van der Waals surface area contributed by atoms with Crippen LogP contribution in [0.5, 0.6) is 0 Å². The maximum atomic E-state index is 5.57. The lowest BCUT2D eigenvalue weighted by Gasteiger charge is -2.16. The average Bonchev–Trinajstić information content (AvgIpc) is 3.81. The summed E-state index contributed by atoms with van der Waals surface area (Å²) in [5.74, 6) is 0.654. The maximum Gasteiger partial charge on any atom is 0.235 e. The lowest BCUT2D eigenvalue weighted by molar-refractivity contribution is 1.02. The third-order valence-electron chi connectivity index (χ3n) is 11.4. The summed E-state index contributed by atoms with van der Waals surface area (Å²) in [5, 5.41) is 10.7. The fourth-order valence-electron chi connectivity index (χ4n) is 8.81. The highest BCUT2D eigenvalue weighted by Gasteiger charge is 2.24. The Bertz CT molecular complexity index is 3520. The molecule has 3 heterocycles. The molecule has 0 saturated carbocycles. The quantitative estimate of drug-likeness (QED) is 0.181. The van der Waals surface area contributed by atoms with Crippen molar-refractivity contribution in [3.63, 3.8) is 0 Å². The van der Waals surface area contributed by atoms with E-state index in [1.807, 2.05) is 11.3 Å². The van der Waals surface area contributed by atoms with Gasteiger partial charge < -0.3 is 0 Å². The van der Waals surface area contributed by atoms with Gasteiger partial charge in [-0.3, -0.25) is 4.57 Å². The molecule has 0 radical (unpaired) electrons. The Morgan fingerprint density at radius 2 is 1.00 bits per heavy atom. The zero-order valence-electron chi connectivity index (χ0n) is 30.1. The third kappa shape index (κ3) is 4.70. The van der Waals surface area contributed by atoms with E-state index in [2.05, 4.69) is 193 Å². The molecule has 0 atom stereocenters. The predicted molar refractivity (Wildman–Crippen MR) is 238 cm³/mol. The van der Waals surface area contributed by atoms with E-state index in [1.165, 1.54) is 74.7 Å². The van der Waals surface area contributed by atoms with E-state index in [9.17, 15) is 0 Å². The summed E-state index contributed by atoms with van der Waals surface area (Å²) in [6, 6.07) is 67.9. The molecule has 0 fully saturated rings. The molecule has 0 N–H and O–H groups in total. The molecule has 4 heteroatoms. The highest BCUT2D eigenvalue weighted by molar-refractivity contribution is 7.25. The highest BCUT2D eigenvalue weighted by atomic mass is 32.1. The number of fused-ring (bicyclic) bond motifs is 10. The van der Waals surface area contributed by atoms with Crippen LogP contribution < -0.4 is 0 Å². The Hall–Kier alpha value is -7.14. The molecule has 0 amide bonds. The first kappa shape index (κ1) is 31.2. The third-order valence-corrected chi connectivity index (χ3v) is 12.5. The van der Waals surface area contributed by atoms with Crippen molar-refractivity contribution in [1.82, 2.24) is 14.5 Å². The van der Waals surface area contributed by atoms with Crippen LogP contribution in [0.1, 0.15) is 0 Å². The van der Waals surface area contributed by atoms with Crippen molar-refractivity contribution in [2.45, 2.75) is 0 Å². The number of para-hydroxylation sites is 1. The second-order valence-corrected chi connectivity index (χ2v) is 15.6. The van der Waals surface area contributed by atoms with Crippen molar-refractivity contribution in [3.05, 3.63) is 188 Å². The topological polar surface area (TPSA) is 30.7 Å². The van der Waals surface area contributed by atoms with Crippen molar-refractivity contribution in [3.8, 4) is 39.5 Å². The molecular formula is C52H31N3S. The number of rotatable bonds is 4. The van der Waals surface area contributed by atoms with Crippen LogP contribution in [0.3, 0.4) is 0 Å². The Kier molecular flexibility index (Phi) is 6.80. The number of benzene rings is 9. The second-order valence-electron chi connectivity index (χ2n) is 14.5. The van der Waals surface area contributed by atoms with Gasteiger partial charge >= 0.3 is 0 Å². The van der Waals surface area contributed by atoms with Crippen molar-refractivity contribution in [2.24, 2.45) is 0 Å². The first-order valence-electron chi connectivity index (χ1n) is 19.0. The van der Waals surface area contributed by atoms with Gasteiger partial charge in [-0.15, -0.1) is 11.3 Å². The largest absolute Gasteiger partial charge is 0.277 e. The van der Waals surface area contributed by atoms with Gasteiger partial charge in [0.2, 0.25) is 5.95 Å². The molecule has 3 nitrogen and oxygen atoms in total. The van der Waals surface area contributed by atoms with Crippen molar-refractivity contribution >= 4 is 85.8 Å². The van der Waals surface area contributed by atoms with Gasteiger partial charge in [0.05, 0.1) is 22.2 Å². The van der Waals surface area contributed by atoms with E-state index in [0.717, 1.165) is 33.2 Å². The van der Waals surface area contributed by atoms with E-state index in [-0.39, 0.29) is 0 Å². The molecule has 3 aromatic heterocycles. The minimum Gasteiger partial charge on any atom is -0.277 e. The van der Waals surface area contributed by atoms with Gasteiger partial charge in [0.15, 0.2) is 0 Å². The molecule has 0 aliphatic heterocycles. The Labute approximate surface area is 326 Å². The van der Waals surface area contributed by atoms with Gasteiger partial charge in [-0.1, -0.05) is 158 Å². The number of hydrogen-bond acceptors (Lipinski definition) is 3. The number of nitrogens with zero attached hydrogens (tertiary/aromatic N) is 3. The summed E-state index contributed by atoms with van der Waals surface area (Å²) < 4.78 is 4.95. The van der Waals surface area contributed by atoms with Gasteiger partial charge in [-0.05, 0) is 63.2 Å². The Morgan fingerprint density at radius 1 is 0.357 bits per heavy atom. The average molecular weight is 730 g/mol. The van der Waals surface area contributed by atoms with Crippen LogP contribution in [0, 0.1) is 0 Å². The molecule has 56 heavy (non-hydrogen) atoms. The van der Waals surface area contributed by atoms with E-state index >= 15 is 0 Å². The number of hydrogen-bond donors (Lipinski definition) is 0. The molecule has 9 aromatic carbocycles. The molecule has 0 spiro atoms. The zero-order chi connectivity index (χ0) is 36.7. The van der Waals surface area contributed by atoms with Crippen LogP contribution >= 0.6 is 11.3 Å². The summed E-state index contributed by atoms with van der Waals surface area (Å²) in [6.07, 6.45) is 0. The van der Waals surface area contributed by atoms with Gasteiger partial charge in [-0.25, -0.2) is 9.97 Å². The van der Waals surface area contributed by atoms with Crippen LogP contribution in [0.2, 0.25) is 0 Å². The molecular weight excluding hydrogens is 699 g/mol. The smallest absolute Gasteiger partial charge is 0.235 e. The Morgan fingerprint density at radius 3 is 1.86 bits per heavy atom. The molecule has 0 aliphatic carbocycles. The molecule has 0 aliphatic rings. The summed E-state index contributed by atoms with van der Waals surface area (Å²) in [6.45, 7) is 0. The summed E-state index contributed by atoms with van der Waals surface area (Å²) >= 11 is 1.85.